The van der Waals surface area contributed by atoms with E-state index in [-0.39, 0.29) is 43.9 Å². The minimum atomic E-state index is -1.16. The van der Waals surface area contributed by atoms with Crippen LogP contribution < -0.4 is 31.9 Å². The molecular weight excluding hydrogens is 773 g/mol. The van der Waals surface area contributed by atoms with E-state index in [1.807, 2.05) is 138 Å². The lowest BCUT2D eigenvalue weighted by atomic mass is 9.98. The quantitative estimate of drug-likeness (QED) is 0.0606. The topological polar surface area (TPSA) is 184 Å². The van der Waals surface area contributed by atoms with Crippen molar-refractivity contribution < 1.29 is 33.5 Å². The van der Waals surface area contributed by atoms with E-state index in [4.69, 9.17) is 4.74 Å². The molecule has 0 spiro atoms. The van der Waals surface area contributed by atoms with Crippen LogP contribution in [0.5, 0.6) is 0 Å². The van der Waals surface area contributed by atoms with Crippen LogP contribution in [0.4, 0.5) is 10.5 Å². The maximum atomic E-state index is 14.3. The van der Waals surface area contributed by atoms with Gasteiger partial charge in [-0.1, -0.05) is 131 Å². The van der Waals surface area contributed by atoms with Gasteiger partial charge in [-0.2, -0.15) is 0 Å². The lowest BCUT2D eigenvalue weighted by Crippen LogP contribution is -2.60. The fraction of sp³-hybridized carbons (Fsp3) is 0.375. The predicted molar refractivity (Wildman–Crippen MR) is 236 cm³/mol. The van der Waals surface area contributed by atoms with E-state index in [9.17, 15) is 28.8 Å². The maximum absolute atomic E-state index is 14.3. The van der Waals surface area contributed by atoms with Gasteiger partial charge in [-0.25, -0.2) is 9.59 Å². The molecule has 0 aromatic heterocycles. The van der Waals surface area contributed by atoms with Gasteiger partial charge in [-0.05, 0) is 66.0 Å². The summed E-state index contributed by atoms with van der Waals surface area (Å²) in [4.78, 5) is 82.6. The van der Waals surface area contributed by atoms with Crippen LogP contribution in [0.15, 0.2) is 115 Å². The Bertz CT molecular complexity index is 2050. The number of hydrogen-bond acceptors (Lipinski definition) is 7. The summed E-state index contributed by atoms with van der Waals surface area (Å²) in [5, 5.41) is 16.9. The number of nitrogens with one attached hydrogen (secondary N) is 6. The molecule has 61 heavy (non-hydrogen) atoms. The molecule has 5 atom stereocenters. The number of urea groups is 1. The summed E-state index contributed by atoms with van der Waals surface area (Å²) in [6.45, 7) is 9.53. The largest absolute Gasteiger partial charge is 0.467 e. The molecule has 324 valence electrons. The standard InChI is InChI=1S/C48H60N6O7/c1-31(2)25-38(51-46(58)41(29-35-20-12-8-13-21-35)54-48(60)49-37-24-16-17-33(5)27-37)43(55)52-40(28-34-18-10-7-11-19-34)45(57)50-39(26-32(3)4)44(56)53-42(47(59)61-6)30-36-22-14-9-15-23-36/h7-24,27,31-32,38-42H,25-26,28-30H2,1-6H3,(H,50,57)(H,51,58)(H,52,55)(H,53,56)(H2,49,54,60)/t38-,39-,40-,41-,42-/m0/s1. The summed E-state index contributed by atoms with van der Waals surface area (Å²) < 4.78 is 5.00. The second kappa shape index (κ2) is 23.9. The number of carbonyl (C=O) groups excluding carboxylic acids is 6. The highest BCUT2D eigenvalue weighted by Crippen LogP contribution is 2.14. The number of methoxy groups -OCH3 is 1. The molecule has 6 amide bonds. The number of ether oxygens (including phenoxy) is 1. The Hall–Kier alpha value is -6.50. The third-order valence-electron chi connectivity index (χ3n) is 9.86. The normalized spacial score (nSPS) is 13.4. The average Bonchev–Trinajstić information content (AvgIpc) is 3.22. The summed E-state index contributed by atoms with van der Waals surface area (Å²) in [7, 11) is 1.25. The van der Waals surface area contributed by atoms with Crippen molar-refractivity contribution in [3.05, 3.63) is 138 Å². The van der Waals surface area contributed by atoms with Gasteiger partial charge < -0.3 is 36.6 Å². The van der Waals surface area contributed by atoms with Crippen LogP contribution in [0.2, 0.25) is 0 Å². The van der Waals surface area contributed by atoms with Gasteiger partial charge in [0.25, 0.3) is 0 Å². The Kier molecular flexibility index (Phi) is 18.5. The molecule has 0 aliphatic rings. The molecule has 0 saturated heterocycles. The monoisotopic (exact) mass is 832 g/mol. The van der Waals surface area contributed by atoms with Crippen molar-refractivity contribution in [2.75, 3.05) is 12.4 Å². The molecule has 13 heteroatoms. The highest BCUT2D eigenvalue weighted by Gasteiger charge is 2.33. The fourth-order valence-electron chi connectivity index (χ4n) is 6.85. The third kappa shape index (κ3) is 16.2. The van der Waals surface area contributed by atoms with Crippen LogP contribution in [0, 0.1) is 18.8 Å². The van der Waals surface area contributed by atoms with Gasteiger partial charge in [0, 0.05) is 24.9 Å². The SMILES string of the molecule is COC(=O)[C@H](Cc1ccccc1)NC(=O)[C@H](CC(C)C)NC(=O)[C@H](Cc1ccccc1)NC(=O)[C@H](CC(C)C)NC(=O)[C@H](Cc1ccccc1)NC(=O)Nc1cccc(C)c1. The number of amides is 6. The zero-order chi connectivity index (χ0) is 44.3. The average molecular weight is 833 g/mol. The predicted octanol–water partition coefficient (Wildman–Crippen LogP) is 5.42. The lowest BCUT2D eigenvalue weighted by Gasteiger charge is -2.28. The Morgan fingerprint density at radius 2 is 0.852 bits per heavy atom. The Morgan fingerprint density at radius 1 is 0.475 bits per heavy atom. The van der Waals surface area contributed by atoms with Crippen molar-refractivity contribution in [2.24, 2.45) is 11.8 Å². The molecule has 0 heterocycles. The first kappa shape index (κ1) is 47.2. The molecule has 4 aromatic carbocycles. The highest BCUT2D eigenvalue weighted by atomic mass is 16.5. The van der Waals surface area contributed by atoms with Crippen molar-refractivity contribution in [2.45, 2.75) is 96.9 Å². The van der Waals surface area contributed by atoms with Gasteiger partial charge in [0.05, 0.1) is 7.11 Å². The second-order valence-corrected chi connectivity index (χ2v) is 16.1. The number of hydrogen-bond donors (Lipinski definition) is 6. The van der Waals surface area contributed by atoms with E-state index in [0.717, 1.165) is 22.3 Å². The number of aryl methyl sites for hydroxylation is 1. The number of rotatable bonds is 21. The molecule has 4 aromatic rings. The number of benzene rings is 4. The zero-order valence-corrected chi connectivity index (χ0v) is 35.9. The Morgan fingerprint density at radius 3 is 1.26 bits per heavy atom. The van der Waals surface area contributed by atoms with E-state index < -0.39 is 65.8 Å². The summed E-state index contributed by atoms with van der Waals surface area (Å²) in [5.74, 6) is -3.12. The molecule has 4 rings (SSSR count). The summed E-state index contributed by atoms with van der Waals surface area (Å²) in [5.41, 5.74) is 3.85. The van der Waals surface area contributed by atoms with Gasteiger partial charge in [0.2, 0.25) is 23.6 Å². The molecule has 13 nitrogen and oxygen atoms in total. The Balaban J connectivity index is 1.56. The van der Waals surface area contributed by atoms with E-state index in [0.29, 0.717) is 5.69 Å². The number of carbonyl (C=O) groups is 6. The molecule has 0 unspecified atom stereocenters. The molecule has 0 saturated carbocycles. The van der Waals surface area contributed by atoms with Crippen LogP contribution >= 0.6 is 0 Å². The van der Waals surface area contributed by atoms with Crippen LogP contribution in [0.3, 0.4) is 0 Å². The third-order valence-corrected chi connectivity index (χ3v) is 9.86. The molecule has 6 N–H and O–H groups in total. The van der Waals surface area contributed by atoms with Crippen LogP contribution in [-0.4, -0.2) is 72.9 Å². The van der Waals surface area contributed by atoms with Crippen molar-refractivity contribution in [1.29, 1.82) is 0 Å². The second-order valence-electron chi connectivity index (χ2n) is 16.1. The van der Waals surface area contributed by atoms with E-state index in [1.165, 1.54) is 7.11 Å². The first-order valence-corrected chi connectivity index (χ1v) is 20.8. The van der Waals surface area contributed by atoms with Crippen LogP contribution in [-0.2, 0) is 48.0 Å². The highest BCUT2D eigenvalue weighted by molar-refractivity contribution is 5.97. The van der Waals surface area contributed by atoms with Gasteiger partial charge in [-0.15, -0.1) is 0 Å². The van der Waals surface area contributed by atoms with Crippen LogP contribution in [0.25, 0.3) is 0 Å². The van der Waals surface area contributed by atoms with Gasteiger partial charge in [-0.3, -0.25) is 19.2 Å². The van der Waals surface area contributed by atoms with Crippen LogP contribution in [0.1, 0.15) is 62.8 Å². The lowest BCUT2D eigenvalue weighted by molar-refractivity contribution is -0.145. The maximum Gasteiger partial charge on any atom is 0.328 e. The molecule has 0 radical (unpaired) electrons. The van der Waals surface area contributed by atoms with Gasteiger partial charge in [0.1, 0.15) is 30.2 Å². The molecule has 0 aliphatic heterocycles. The number of esters is 1. The van der Waals surface area contributed by atoms with Gasteiger partial charge >= 0.3 is 12.0 Å². The molecule has 0 bridgehead atoms. The Labute approximate surface area is 359 Å². The molecular formula is C48H60N6O7. The minimum absolute atomic E-state index is 0.0362. The van der Waals surface area contributed by atoms with E-state index in [1.54, 1.807) is 12.1 Å². The van der Waals surface area contributed by atoms with Crippen molar-refractivity contribution >= 4 is 41.3 Å². The first-order chi connectivity index (χ1) is 29.2. The van der Waals surface area contributed by atoms with Crippen molar-refractivity contribution in [1.82, 2.24) is 26.6 Å². The zero-order valence-electron chi connectivity index (χ0n) is 35.9. The van der Waals surface area contributed by atoms with E-state index in [2.05, 4.69) is 31.9 Å². The fourth-order valence-corrected chi connectivity index (χ4v) is 6.85. The number of anilines is 1. The first-order valence-electron chi connectivity index (χ1n) is 20.8. The van der Waals surface area contributed by atoms with Crippen molar-refractivity contribution in [3.8, 4) is 0 Å². The van der Waals surface area contributed by atoms with Gasteiger partial charge in [0.15, 0.2) is 0 Å². The minimum Gasteiger partial charge on any atom is -0.467 e. The summed E-state index contributed by atoms with van der Waals surface area (Å²) in [6.07, 6.45) is 0.856. The molecule has 0 aliphatic carbocycles. The van der Waals surface area contributed by atoms with E-state index >= 15 is 0 Å². The molecule has 0 fully saturated rings. The smallest absolute Gasteiger partial charge is 0.328 e. The summed E-state index contributed by atoms with van der Waals surface area (Å²) in [6, 6.07) is 28.8. The van der Waals surface area contributed by atoms with Crippen molar-refractivity contribution in [3.63, 3.8) is 0 Å². The summed E-state index contributed by atoms with van der Waals surface area (Å²) >= 11 is 0.